The summed E-state index contributed by atoms with van der Waals surface area (Å²) in [7, 11) is -7.18. The fourth-order valence-electron chi connectivity index (χ4n) is 3.20. The molecule has 10 heteroatoms. The lowest BCUT2D eigenvalue weighted by molar-refractivity contribution is -0.137. The van der Waals surface area contributed by atoms with Crippen molar-refractivity contribution in [2.45, 2.75) is 50.0 Å². The number of rotatable bonds is 9. The SMILES string of the molecule is Cc1ccc(Cl)cc1S(=O)(=O)N(CCCCCC(=O)O)[C@H]1CCS(=O)(=O)C1. The van der Waals surface area contributed by atoms with Gasteiger partial charge in [-0.05, 0) is 43.9 Å². The lowest BCUT2D eigenvalue weighted by Gasteiger charge is -2.28. The lowest BCUT2D eigenvalue weighted by atomic mass is 10.2. The van der Waals surface area contributed by atoms with Crippen molar-refractivity contribution in [3.05, 3.63) is 28.8 Å². The van der Waals surface area contributed by atoms with E-state index in [0.717, 1.165) is 0 Å². The summed E-state index contributed by atoms with van der Waals surface area (Å²) in [5, 5.41) is 8.99. The molecule has 1 fully saturated rings. The Hall–Kier alpha value is -1.16. The number of aryl methyl sites for hydroxylation is 1. The molecule has 1 aromatic rings. The Balaban J connectivity index is 2.25. The number of hydrogen-bond acceptors (Lipinski definition) is 5. The normalized spacial score (nSPS) is 19.4. The van der Waals surface area contributed by atoms with E-state index in [0.29, 0.717) is 29.8 Å². The number of carboxylic acid groups (broad SMARTS) is 1. The van der Waals surface area contributed by atoms with Crippen LogP contribution in [0.3, 0.4) is 0 Å². The maximum Gasteiger partial charge on any atom is 0.303 e. The van der Waals surface area contributed by atoms with Gasteiger partial charge in [0, 0.05) is 24.0 Å². The minimum absolute atomic E-state index is 0.0258. The number of hydrogen-bond donors (Lipinski definition) is 1. The molecule has 0 radical (unpaired) electrons. The first-order valence-corrected chi connectivity index (χ1v) is 12.4. The van der Waals surface area contributed by atoms with Gasteiger partial charge in [0.05, 0.1) is 16.4 Å². The minimum atomic E-state index is -3.92. The lowest BCUT2D eigenvalue weighted by Crippen LogP contribution is -2.42. The van der Waals surface area contributed by atoms with E-state index in [-0.39, 0.29) is 35.8 Å². The molecule has 1 heterocycles. The van der Waals surface area contributed by atoms with Crippen molar-refractivity contribution >= 4 is 37.4 Å². The summed E-state index contributed by atoms with van der Waals surface area (Å²) in [5.41, 5.74) is 0.538. The monoisotopic (exact) mass is 437 g/mol. The van der Waals surface area contributed by atoms with Gasteiger partial charge in [-0.15, -0.1) is 0 Å². The summed E-state index contributed by atoms with van der Waals surface area (Å²) < 4.78 is 51.5. The fourth-order valence-corrected chi connectivity index (χ4v) is 7.21. The number of carboxylic acids is 1. The quantitative estimate of drug-likeness (QED) is 0.594. The van der Waals surface area contributed by atoms with Crippen LogP contribution in [0.2, 0.25) is 5.02 Å². The molecule has 1 saturated heterocycles. The molecule has 1 aromatic carbocycles. The van der Waals surface area contributed by atoms with Crippen LogP contribution in [0.25, 0.3) is 0 Å². The Labute approximate surface area is 165 Å². The number of sulfonamides is 1. The predicted octanol–water partition coefficient (Wildman–Crippen LogP) is 2.47. The molecule has 0 unspecified atom stereocenters. The van der Waals surface area contributed by atoms with Crippen molar-refractivity contribution in [1.82, 2.24) is 4.31 Å². The van der Waals surface area contributed by atoms with E-state index in [1.165, 1.54) is 10.4 Å². The Kier molecular flexibility index (Phi) is 7.29. The van der Waals surface area contributed by atoms with E-state index < -0.39 is 31.9 Å². The van der Waals surface area contributed by atoms with Gasteiger partial charge >= 0.3 is 5.97 Å². The number of unbranched alkanes of at least 4 members (excludes halogenated alkanes) is 2. The zero-order valence-corrected chi connectivity index (χ0v) is 17.5. The molecule has 0 aromatic heterocycles. The van der Waals surface area contributed by atoms with E-state index >= 15 is 0 Å². The summed E-state index contributed by atoms with van der Waals surface area (Å²) >= 11 is 5.97. The molecule has 7 nitrogen and oxygen atoms in total. The second-order valence-electron chi connectivity index (χ2n) is 6.79. The van der Waals surface area contributed by atoms with Crippen molar-refractivity contribution in [3.63, 3.8) is 0 Å². The average molecular weight is 438 g/mol. The molecule has 1 aliphatic rings. The summed E-state index contributed by atoms with van der Waals surface area (Å²) in [6.07, 6.45) is 1.74. The highest BCUT2D eigenvalue weighted by Crippen LogP contribution is 2.29. The van der Waals surface area contributed by atoms with Gasteiger partial charge in [0.1, 0.15) is 0 Å². The van der Waals surface area contributed by atoms with Crippen LogP contribution in [0.15, 0.2) is 23.1 Å². The first-order valence-electron chi connectivity index (χ1n) is 8.73. The molecule has 0 aliphatic carbocycles. The van der Waals surface area contributed by atoms with Crippen LogP contribution in [-0.2, 0) is 24.7 Å². The van der Waals surface area contributed by atoms with Crippen molar-refractivity contribution < 1.29 is 26.7 Å². The number of benzene rings is 1. The summed E-state index contributed by atoms with van der Waals surface area (Å²) in [6, 6.07) is 3.99. The molecule has 0 amide bonds. The molecular weight excluding hydrogens is 414 g/mol. The highest BCUT2D eigenvalue weighted by atomic mass is 35.5. The van der Waals surface area contributed by atoms with E-state index in [1.807, 2.05) is 0 Å². The minimum Gasteiger partial charge on any atom is -0.481 e. The van der Waals surface area contributed by atoms with Crippen LogP contribution in [0, 0.1) is 6.92 Å². The number of nitrogens with zero attached hydrogens (tertiary/aromatic N) is 1. The standard InChI is InChI=1S/C17H24ClNO6S2/c1-13-6-7-14(18)11-16(13)27(24,25)19(9-4-2-3-5-17(20)21)15-8-10-26(22,23)12-15/h6-7,11,15H,2-5,8-10,12H2,1H3,(H,20,21)/t15-/m0/s1. The van der Waals surface area contributed by atoms with Crippen LogP contribution in [0.1, 0.15) is 37.7 Å². The molecule has 0 saturated carbocycles. The van der Waals surface area contributed by atoms with Crippen molar-refractivity contribution in [2.75, 3.05) is 18.1 Å². The van der Waals surface area contributed by atoms with Gasteiger partial charge < -0.3 is 5.11 Å². The summed E-state index contributed by atoms with van der Waals surface area (Å²) in [6.45, 7) is 1.81. The molecule has 2 rings (SSSR count). The number of sulfone groups is 1. The van der Waals surface area contributed by atoms with E-state index in [4.69, 9.17) is 16.7 Å². The number of aliphatic carboxylic acids is 1. The third-order valence-corrected chi connectivity index (χ3v) is 8.70. The van der Waals surface area contributed by atoms with E-state index in [9.17, 15) is 21.6 Å². The van der Waals surface area contributed by atoms with Crippen molar-refractivity contribution in [2.24, 2.45) is 0 Å². The van der Waals surface area contributed by atoms with Gasteiger partial charge in [-0.25, -0.2) is 16.8 Å². The van der Waals surface area contributed by atoms with Crippen LogP contribution in [0.5, 0.6) is 0 Å². The molecule has 1 N–H and O–H groups in total. The Bertz CT molecular complexity index is 898. The molecule has 27 heavy (non-hydrogen) atoms. The first-order chi connectivity index (χ1) is 12.5. The van der Waals surface area contributed by atoms with E-state index in [2.05, 4.69) is 0 Å². The highest BCUT2D eigenvalue weighted by Gasteiger charge is 2.39. The topological polar surface area (TPSA) is 109 Å². The van der Waals surface area contributed by atoms with Crippen LogP contribution in [-0.4, -0.2) is 56.3 Å². The average Bonchev–Trinajstić information content (AvgIpc) is 2.92. The smallest absolute Gasteiger partial charge is 0.303 e. The zero-order chi connectivity index (χ0) is 20.2. The predicted molar refractivity (Wildman–Crippen MR) is 103 cm³/mol. The van der Waals surface area contributed by atoms with E-state index in [1.54, 1.807) is 19.1 Å². The maximum absolute atomic E-state index is 13.3. The molecule has 0 spiro atoms. The Morgan fingerprint density at radius 2 is 2.00 bits per heavy atom. The molecule has 0 bridgehead atoms. The molecule has 1 aliphatic heterocycles. The Morgan fingerprint density at radius 3 is 2.59 bits per heavy atom. The summed E-state index contributed by atoms with van der Waals surface area (Å²) in [4.78, 5) is 10.7. The maximum atomic E-state index is 13.3. The number of carbonyl (C=O) groups is 1. The molecule has 1 atom stereocenters. The second-order valence-corrected chi connectivity index (χ2v) is 11.3. The fraction of sp³-hybridized carbons (Fsp3) is 0.588. The van der Waals surface area contributed by atoms with Gasteiger partial charge in [-0.2, -0.15) is 4.31 Å². The van der Waals surface area contributed by atoms with Gasteiger partial charge in [0.2, 0.25) is 10.0 Å². The second kappa shape index (κ2) is 8.89. The van der Waals surface area contributed by atoms with Crippen LogP contribution in [0.4, 0.5) is 0 Å². The van der Waals surface area contributed by atoms with Crippen LogP contribution < -0.4 is 0 Å². The van der Waals surface area contributed by atoms with Gasteiger partial charge in [-0.1, -0.05) is 24.1 Å². The highest BCUT2D eigenvalue weighted by molar-refractivity contribution is 7.92. The van der Waals surface area contributed by atoms with Gasteiger partial charge in [0.15, 0.2) is 9.84 Å². The molecular formula is C17H24ClNO6S2. The zero-order valence-electron chi connectivity index (χ0n) is 15.1. The van der Waals surface area contributed by atoms with Crippen molar-refractivity contribution in [3.8, 4) is 0 Å². The third kappa shape index (κ3) is 5.91. The number of halogens is 1. The van der Waals surface area contributed by atoms with Crippen molar-refractivity contribution in [1.29, 1.82) is 0 Å². The largest absolute Gasteiger partial charge is 0.481 e. The molecule has 152 valence electrons. The third-order valence-electron chi connectivity index (χ3n) is 4.62. The van der Waals surface area contributed by atoms with Gasteiger partial charge in [-0.3, -0.25) is 4.79 Å². The van der Waals surface area contributed by atoms with Gasteiger partial charge in [0.25, 0.3) is 0 Å². The van der Waals surface area contributed by atoms with Crippen LogP contribution >= 0.6 is 11.6 Å². The first kappa shape index (κ1) is 22.1. The Morgan fingerprint density at radius 1 is 1.30 bits per heavy atom. The summed E-state index contributed by atoms with van der Waals surface area (Å²) in [5.74, 6) is -1.12.